The van der Waals surface area contributed by atoms with Gasteiger partial charge in [-0.2, -0.15) is 5.11 Å². The molecule has 0 radical (unpaired) electrons. The number of carbonyl (C=O) groups excluding carboxylic acids is 2. The minimum atomic E-state index is -1.08. The van der Waals surface area contributed by atoms with Gasteiger partial charge < -0.3 is 34.5 Å². The van der Waals surface area contributed by atoms with Crippen LogP contribution in [0.5, 0.6) is 17.2 Å². The van der Waals surface area contributed by atoms with Gasteiger partial charge in [-0.1, -0.05) is 0 Å². The fraction of sp³-hybridized carbons (Fsp3) is 0.318. The molecule has 2 rings (SSSR count). The zero-order valence-corrected chi connectivity index (χ0v) is 18.7. The minimum absolute atomic E-state index is 0.0320. The van der Waals surface area contributed by atoms with Gasteiger partial charge in [-0.3, -0.25) is 9.59 Å². The van der Waals surface area contributed by atoms with E-state index >= 15 is 0 Å². The van der Waals surface area contributed by atoms with Crippen molar-refractivity contribution in [1.29, 1.82) is 0 Å². The highest BCUT2D eigenvalue weighted by molar-refractivity contribution is 5.69. The zero-order valence-electron chi connectivity index (χ0n) is 18.7. The summed E-state index contributed by atoms with van der Waals surface area (Å²) in [5.41, 5.74) is 7.03. The van der Waals surface area contributed by atoms with E-state index in [1.807, 2.05) is 0 Å². The Balaban J connectivity index is 2.17. The van der Waals surface area contributed by atoms with Crippen molar-refractivity contribution in [3.05, 3.63) is 36.4 Å². The second kappa shape index (κ2) is 13.3. The number of benzene rings is 2. The van der Waals surface area contributed by atoms with Crippen LogP contribution in [0.2, 0.25) is 0 Å². The predicted octanol–water partition coefficient (Wildman–Crippen LogP) is 3.03. The summed E-state index contributed by atoms with van der Waals surface area (Å²) in [6.07, 6.45) is 0. The Morgan fingerprint density at radius 3 is 1.97 bits per heavy atom. The van der Waals surface area contributed by atoms with E-state index in [1.54, 1.807) is 24.3 Å². The maximum absolute atomic E-state index is 10.9. The third-order valence-corrected chi connectivity index (χ3v) is 3.86. The molecule has 12 nitrogen and oxygen atoms in total. The van der Waals surface area contributed by atoms with E-state index in [1.165, 1.54) is 26.0 Å². The average molecular weight is 475 g/mol. The highest BCUT2D eigenvalue weighted by Crippen LogP contribution is 2.38. The van der Waals surface area contributed by atoms with Crippen LogP contribution in [0.25, 0.3) is 0 Å². The van der Waals surface area contributed by atoms with Crippen LogP contribution >= 0.6 is 0 Å². The molecule has 0 atom stereocenters. The summed E-state index contributed by atoms with van der Waals surface area (Å²) in [6.45, 7) is 2.33. The van der Waals surface area contributed by atoms with Crippen molar-refractivity contribution in [3.8, 4) is 17.2 Å². The molecule has 0 amide bonds. The summed E-state index contributed by atoms with van der Waals surface area (Å²) < 4.78 is 26.0. The number of nitrogen functional groups attached to an aromatic ring is 1. The van der Waals surface area contributed by atoms with Crippen molar-refractivity contribution in [2.75, 3.05) is 38.8 Å². The van der Waals surface area contributed by atoms with Gasteiger partial charge in [0.2, 0.25) is 0 Å². The smallest absolute Gasteiger partial charge is 0.341 e. The minimum Gasteiger partial charge on any atom is -0.488 e. The highest BCUT2D eigenvalue weighted by atomic mass is 16.6. The van der Waals surface area contributed by atoms with E-state index in [4.69, 9.17) is 34.5 Å². The number of nitrogens with zero attached hydrogens (tertiary/aromatic N) is 2. The SMILES string of the molecule is CC(=O)OCCOc1cc(/N=N/c2ccc(OCC(=O)O)cc2)c(OCCOC(C)=O)cc1N. The molecular weight excluding hydrogens is 450 g/mol. The van der Waals surface area contributed by atoms with Crippen molar-refractivity contribution in [2.24, 2.45) is 10.2 Å². The molecule has 0 aromatic heterocycles. The van der Waals surface area contributed by atoms with Crippen LogP contribution in [-0.2, 0) is 23.9 Å². The van der Waals surface area contributed by atoms with Gasteiger partial charge in [0.05, 0.1) is 11.4 Å². The first kappa shape index (κ1) is 25.9. The van der Waals surface area contributed by atoms with Crippen molar-refractivity contribution in [3.63, 3.8) is 0 Å². The van der Waals surface area contributed by atoms with E-state index in [2.05, 4.69) is 10.2 Å². The number of hydrogen-bond acceptors (Lipinski definition) is 11. The molecule has 2 aromatic carbocycles. The van der Waals surface area contributed by atoms with E-state index in [0.717, 1.165) is 0 Å². The number of ether oxygens (including phenoxy) is 5. The maximum atomic E-state index is 10.9. The third-order valence-electron chi connectivity index (χ3n) is 3.86. The fourth-order valence-corrected chi connectivity index (χ4v) is 2.42. The van der Waals surface area contributed by atoms with Gasteiger partial charge in [-0.25, -0.2) is 4.79 Å². The molecule has 34 heavy (non-hydrogen) atoms. The van der Waals surface area contributed by atoms with Gasteiger partial charge in [-0.15, -0.1) is 5.11 Å². The van der Waals surface area contributed by atoms with Crippen molar-refractivity contribution < 1.29 is 43.2 Å². The van der Waals surface area contributed by atoms with Crippen LogP contribution in [0, 0.1) is 0 Å². The Morgan fingerprint density at radius 1 is 0.824 bits per heavy atom. The summed E-state index contributed by atoms with van der Waals surface area (Å²) in [5.74, 6) is -1.02. The van der Waals surface area contributed by atoms with Gasteiger partial charge in [0.1, 0.15) is 49.4 Å². The lowest BCUT2D eigenvalue weighted by Crippen LogP contribution is -2.11. The number of nitrogens with two attached hydrogens (primary N) is 1. The lowest BCUT2D eigenvalue weighted by atomic mass is 10.2. The molecule has 0 aliphatic carbocycles. The number of carboxylic acid groups (broad SMARTS) is 1. The zero-order chi connectivity index (χ0) is 24.9. The van der Waals surface area contributed by atoms with Crippen LogP contribution in [0.4, 0.5) is 17.1 Å². The lowest BCUT2D eigenvalue weighted by molar-refractivity contribution is -0.142. The lowest BCUT2D eigenvalue weighted by Gasteiger charge is -2.13. The Morgan fingerprint density at radius 2 is 1.41 bits per heavy atom. The van der Waals surface area contributed by atoms with Crippen molar-refractivity contribution in [1.82, 2.24) is 0 Å². The molecule has 0 fully saturated rings. The number of hydrogen-bond donors (Lipinski definition) is 2. The molecule has 2 aromatic rings. The number of carbonyl (C=O) groups is 3. The van der Waals surface area contributed by atoms with E-state index < -0.39 is 24.5 Å². The van der Waals surface area contributed by atoms with E-state index in [9.17, 15) is 14.4 Å². The number of anilines is 1. The number of carboxylic acids is 1. The second-order valence-electron chi connectivity index (χ2n) is 6.61. The predicted molar refractivity (Wildman–Crippen MR) is 119 cm³/mol. The summed E-state index contributed by atoms with van der Waals surface area (Å²) in [6, 6.07) is 9.30. The molecule has 0 bridgehead atoms. The summed E-state index contributed by atoms with van der Waals surface area (Å²) >= 11 is 0. The van der Waals surface area contributed by atoms with Gasteiger partial charge in [0.15, 0.2) is 6.61 Å². The molecule has 0 aliphatic heterocycles. The van der Waals surface area contributed by atoms with Crippen molar-refractivity contribution in [2.45, 2.75) is 13.8 Å². The molecule has 0 spiro atoms. The first-order valence-electron chi connectivity index (χ1n) is 10.1. The Bertz CT molecular complexity index is 1020. The Hall–Kier alpha value is -4.35. The molecule has 0 unspecified atom stereocenters. The first-order chi connectivity index (χ1) is 16.2. The van der Waals surface area contributed by atoms with Crippen LogP contribution in [0.1, 0.15) is 13.8 Å². The standard InChI is InChI=1S/C22H25N3O9/c1-14(26)30-7-9-32-20-12-19(21(11-18(20)23)33-10-8-31-15(2)27)25-24-16-3-5-17(6-4-16)34-13-22(28)29/h3-6,11-12H,7-10,13,23H2,1-2H3,(H,28,29)/b25-24+. The van der Waals surface area contributed by atoms with Gasteiger partial charge >= 0.3 is 17.9 Å². The largest absolute Gasteiger partial charge is 0.488 e. The Labute approximate surface area is 195 Å². The van der Waals surface area contributed by atoms with Gasteiger partial charge in [-0.05, 0) is 24.3 Å². The number of azo groups is 1. The fourth-order valence-electron chi connectivity index (χ4n) is 2.42. The normalized spacial score (nSPS) is 10.5. The van der Waals surface area contributed by atoms with Crippen LogP contribution in [0.15, 0.2) is 46.6 Å². The van der Waals surface area contributed by atoms with Crippen molar-refractivity contribution >= 4 is 35.0 Å². The number of rotatable bonds is 13. The van der Waals surface area contributed by atoms with Gasteiger partial charge in [0.25, 0.3) is 0 Å². The van der Waals surface area contributed by atoms with E-state index in [0.29, 0.717) is 11.4 Å². The average Bonchev–Trinajstić information content (AvgIpc) is 2.78. The van der Waals surface area contributed by atoms with Gasteiger partial charge in [0, 0.05) is 26.0 Å². The van der Waals surface area contributed by atoms with Crippen LogP contribution in [-0.4, -0.2) is 56.0 Å². The van der Waals surface area contributed by atoms with Crippen LogP contribution < -0.4 is 19.9 Å². The molecule has 0 heterocycles. The molecule has 0 saturated heterocycles. The topological polar surface area (TPSA) is 168 Å². The highest BCUT2D eigenvalue weighted by Gasteiger charge is 2.12. The second-order valence-corrected chi connectivity index (χ2v) is 6.61. The first-order valence-corrected chi connectivity index (χ1v) is 10.1. The molecule has 182 valence electrons. The quantitative estimate of drug-likeness (QED) is 0.190. The monoisotopic (exact) mass is 475 g/mol. The third kappa shape index (κ3) is 9.42. The summed E-state index contributed by atoms with van der Waals surface area (Å²) in [5, 5.41) is 17.0. The summed E-state index contributed by atoms with van der Waals surface area (Å²) in [4.78, 5) is 32.4. The number of aliphatic carboxylic acids is 1. The molecule has 3 N–H and O–H groups in total. The summed E-state index contributed by atoms with van der Waals surface area (Å²) in [7, 11) is 0. The Kier molecular flexibility index (Phi) is 10.1. The van der Waals surface area contributed by atoms with E-state index in [-0.39, 0.29) is 49.3 Å². The number of esters is 2. The molecule has 0 aliphatic rings. The molecule has 12 heteroatoms. The molecular formula is C22H25N3O9. The molecule has 0 saturated carbocycles. The maximum Gasteiger partial charge on any atom is 0.341 e. The van der Waals surface area contributed by atoms with Crippen LogP contribution in [0.3, 0.4) is 0 Å².